The molecule has 1 N–H and O–H groups in total. The van der Waals surface area contributed by atoms with Gasteiger partial charge in [0, 0.05) is 21.1 Å². The number of hydrogen-bond acceptors (Lipinski definition) is 12. The predicted molar refractivity (Wildman–Crippen MR) is 333 cm³/mol. The Hall–Kier alpha value is -3.38. The third-order valence-electron chi connectivity index (χ3n) is 15.5. The lowest BCUT2D eigenvalue weighted by atomic mass is 9.96. The fourth-order valence-electron chi connectivity index (χ4n) is 9.40. The van der Waals surface area contributed by atoms with Crippen LogP contribution in [-0.2, 0) is 53.4 Å². The average molecular weight is 1180 g/mol. The van der Waals surface area contributed by atoms with Gasteiger partial charge in [-0.3, -0.25) is 14.1 Å². The van der Waals surface area contributed by atoms with Gasteiger partial charge in [-0.1, -0.05) is 243 Å². The van der Waals surface area contributed by atoms with Crippen LogP contribution in [0.3, 0.4) is 0 Å². The van der Waals surface area contributed by atoms with Crippen LogP contribution >= 0.6 is 7.82 Å². The minimum Gasteiger partial charge on any atom is -0.457 e. The highest BCUT2D eigenvalue weighted by molar-refractivity contribution is 7.49. The molecule has 1 heterocycles. The second kappa shape index (κ2) is 38.5. The monoisotopic (exact) mass is 1180 g/mol. The molecule has 0 spiro atoms. The number of carbonyl (C=O) groups is 2. The number of carbonyl (C=O) groups excluding carboxylic acids is 2. The zero-order valence-electron chi connectivity index (χ0n) is 51.8. The number of nitrogens with one attached hydrogen (secondary N) is 1. The smallest absolute Gasteiger partial charge is 0.457 e. The van der Waals surface area contributed by atoms with E-state index in [1.807, 2.05) is 42.5 Å². The number of phosphoric ester groups is 1. The van der Waals surface area contributed by atoms with Gasteiger partial charge >= 0.3 is 13.8 Å². The molecule has 0 saturated carbocycles. The van der Waals surface area contributed by atoms with Crippen LogP contribution in [0.5, 0.6) is 11.5 Å². The number of rotatable bonds is 44. The Kier molecular flexibility index (Phi) is 33.4. The van der Waals surface area contributed by atoms with Gasteiger partial charge in [0.05, 0.1) is 25.7 Å². The zero-order chi connectivity index (χ0) is 58.8. The number of para-hydroxylation sites is 2. The van der Waals surface area contributed by atoms with Gasteiger partial charge < -0.3 is 42.5 Å². The SMILES string of the molecule is CCCCCCCCCCCCCC(=O)O[C@@H]1[C@@H](NC(=O)C[C@@H](CCCCCCCCCCC)OCOCC[Si](C)(C)C)[C@H](OCc2ccccc2)O[C@H](CO[Si](C)(C)C(C)(C)C)[C@H]1OP(=O)(Oc1ccccc1)Oc1ccccc1. The third-order valence-corrected chi connectivity index (χ3v) is 23.1. The summed E-state index contributed by atoms with van der Waals surface area (Å²) in [6.45, 7) is 22.8. The van der Waals surface area contributed by atoms with E-state index in [9.17, 15) is 9.59 Å². The molecular formula is C65H108NO12PSi2. The second-order valence-corrected chi connectivity index (χ2v) is 36.9. The van der Waals surface area contributed by atoms with E-state index in [-0.39, 0.29) is 55.3 Å². The fourth-order valence-corrected chi connectivity index (χ4v) is 12.6. The molecule has 13 nitrogen and oxygen atoms in total. The molecule has 458 valence electrons. The first-order chi connectivity index (χ1) is 38.8. The van der Waals surface area contributed by atoms with Gasteiger partial charge in [-0.05, 0) is 66.8 Å². The minimum absolute atomic E-state index is 0.00806. The van der Waals surface area contributed by atoms with Crippen LogP contribution < -0.4 is 14.4 Å². The summed E-state index contributed by atoms with van der Waals surface area (Å²) in [5.41, 5.74) is 0.865. The Labute approximate surface area is 492 Å². The Morgan fingerprint density at radius 2 is 1.15 bits per heavy atom. The van der Waals surface area contributed by atoms with Gasteiger partial charge in [0.1, 0.15) is 36.5 Å². The van der Waals surface area contributed by atoms with Gasteiger partial charge in [-0.25, -0.2) is 4.57 Å². The molecule has 16 heteroatoms. The maximum Gasteiger partial charge on any atom is 0.588 e. The highest BCUT2D eigenvalue weighted by Crippen LogP contribution is 2.53. The van der Waals surface area contributed by atoms with Crippen molar-refractivity contribution in [3.63, 3.8) is 0 Å². The molecule has 1 amide bonds. The number of benzene rings is 3. The quantitative estimate of drug-likeness (QED) is 0.0189. The Bertz CT molecular complexity index is 2120. The Balaban J connectivity index is 1.74. The molecule has 6 atom stereocenters. The summed E-state index contributed by atoms with van der Waals surface area (Å²) in [4.78, 5) is 29.5. The summed E-state index contributed by atoms with van der Waals surface area (Å²) in [5, 5.41) is 3.03. The molecule has 3 aromatic rings. The first-order valence-electron chi connectivity index (χ1n) is 31.2. The van der Waals surface area contributed by atoms with Gasteiger partial charge in [0.25, 0.3) is 0 Å². The normalized spacial score (nSPS) is 18.3. The second-order valence-electron chi connectivity index (χ2n) is 25.0. The first-order valence-corrected chi connectivity index (χ1v) is 39.3. The fraction of sp³-hybridized carbons (Fsp3) is 0.692. The summed E-state index contributed by atoms with van der Waals surface area (Å²) >= 11 is 0. The van der Waals surface area contributed by atoms with Crippen molar-refractivity contribution in [3.05, 3.63) is 96.6 Å². The number of amides is 1. The lowest BCUT2D eigenvalue weighted by molar-refractivity contribution is -0.273. The van der Waals surface area contributed by atoms with Crippen LogP contribution in [0.15, 0.2) is 91.0 Å². The van der Waals surface area contributed by atoms with E-state index in [0.717, 1.165) is 50.1 Å². The van der Waals surface area contributed by atoms with Crippen molar-refractivity contribution < 1.29 is 55.8 Å². The van der Waals surface area contributed by atoms with Crippen molar-refractivity contribution in [2.75, 3.05) is 20.0 Å². The highest BCUT2D eigenvalue weighted by Gasteiger charge is 2.55. The number of hydrogen-bond donors (Lipinski definition) is 1. The summed E-state index contributed by atoms with van der Waals surface area (Å²) in [6, 6.07) is 26.8. The minimum atomic E-state index is -4.72. The van der Waals surface area contributed by atoms with E-state index >= 15 is 4.57 Å². The molecule has 1 saturated heterocycles. The van der Waals surface area contributed by atoms with Crippen molar-refractivity contribution >= 4 is 36.1 Å². The Morgan fingerprint density at radius 1 is 0.654 bits per heavy atom. The molecule has 4 rings (SSSR count). The van der Waals surface area contributed by atoms with Gasteiger partial charge in [0.2, 0.25) is 5.91 Å². The number of ether oxygens (including phenoxy) is 5. The molecule has 3 aromatic carbocycles. The topological polar surface area (TPSA) is 146 Å². The van der Waals surface area contributed by atoms with E-state index in [1.54, 1.807) is 48.5 Å². The third kappa shape index (κ3) is 29.3. The summed E-state index contributed by atoms with van der Waals surface area (Å²) in [6.07, 6.45) is 18.2. The van der Waals surface area contributed by atoms with Crippen LogP contribution in [0.2, 0.25) is 43.8 Å². The first kappa shape index (κ1) is 70.1. The van der Waals surface area contributed by atoms with Crippen molar-refractivity contribution in [1.82, 2.24) is 5.32 Å². The lowest BCUT2D eigenvalue weighted by Gasteiger charge is -2.47. The lowest BCUT2D eigenvalue weighted by Crippen LogP contribution is -2.67. The number of esters is 1. The van der Waals surface area contributed by atoms with E-state index in [4.69, 9.17) is 41.7 Å². The largest absolute Gasteiger partial charge is 0.588 e. The van der Waals surface area contributed by atoms with E-state index in [2.05, 4.69) is 72.7 Å². The van der Waals surface area contributed by atoms with Crippen LogP contribution in [0, 0.1) is 0 Å². The average Bonchev–Trinajstić information content (AvgIpc) is 3.43. The molecule has 1 aliphatic heterocycles. The maximum absolute atomic E-state index is 15.6. The van der Waals surface area contributed by atoms with Crippen LogP contribution in [0.25, 0.3) is 0 Å². The van der Waals surface area contributed by atoms with Crippen molar-refractivity contribution in [2.45, 2.75) is 269 Å². The highest BCUT2D eigenvalue weighted by atomic mass is 31.2. The van der Waals surface area contributed by atoms with Gasteiger partial charge in [0.15, 0.2) is 20.7 Å². The molecule has 0 bridgehead atoms. The summed E-state index contributed by atoms with van der Waals surface area (Å²) < 4.78 is 74.6. The Morgan fingerprint density at radius 3 is 1.65 bits per heavy atom. The molecule has 1 fully saturated rings. The molecule has 81 heavy (non-hydrogen) atoms. The van der Waals surface area contributed by atoms with Gasteiger partial charge in [-0.15, -0.1) is 0 Å². The number of unbranched alkanes of at least 4 members (excludes halogenated alkanes) is 18. The van der Waals surface area contributed by atoms with Crippen molar-refractivity contribution in [1.29, 1.82) is 0 Å². The number of phosphoric acid groups is 1. The molecule has 0 aromatic heterocycles. The maximum atomic E-state index is 15.6. The zero-order valence-corrected chi connectivity index (χ0v) is 54.7. The van der Waals surface area contributed by atoms with Crippen molar-refractivity contribution in [3.8, 4) is 11.5 Å². The molecule has 0 unspecified atom stereocenters. The summed E-state index contributed by atoms with van der Waals surface area (Å²) in [7, 11) is -8.58. The van der Waals surface area contributed by atoms with Crippen LogP contribution in [-0.4, -0.2) is 85.0 Å². The molecule has 0 radical (unpaired) electrons. The van der Waals surface area contributed by atoms with E-state index < -0.39 is 66.9 Å². The van der Waals surface area contributed by atoms with Crippen LogP contribution in [0.4, 0.5) is 0 Å². The molecular weight excluding hydrogens is 1070 g/mol. The van der Waals surface area contributed by atoms with Crippen molar-refractivity contribution in [2.24, 2.45) is 0 Å². The van der Waals surface area contributed by atoms with E-state index in [1.165, 1.54) is 83.5 Å². The predicted octanol–water partition coefficient (Wildman–Crippen LogP) is 17.7. The standard InChI is InChI=1S/C65H108NO12PSi2/c1-11-13-15-17-19-21-22-24-26-28-39-47-60(68)75-63-61(66-59(67)50-57(72-53-70-48-49-80(6,7)8)46-34-27-25-23-20-18-16-14-12-2)64(71-51-54-40-32-29-33-41-54)74-58(52-73-81(9,10)65(3,4)5)62(63)78-79(69,76-55-42-35-30-36-43-55)77-56-44-37-31-38-45-56/h29-33,35-38,40-45,57-58,61-64H,11-28,34,39,46-53H2,1-10H3,(H,66,67)/t57-,58-,61-,62-,63-,64-/m1/s1. The summed E-state index contributed by atoms with van der Waals surface area (Å²) in [5.74, 6) is -0.417. The molecule has 0 aliphatic carbocycles. The van der Waals surface area contributed by atoms with Gasteiger partial charge in [-0.2, -0.15) is 0 Å². The van der Waals surface area contributed by atoms with E-state index in [0.29, 0.717) is 19.4 Å². The van der Waals surface area contributed by atoms with Crippen LogP contribution in [0.1, 0.15) is 188 Å². The molecule has 1 aliphatic rings.